The summed E-state index contributed by atoms with van der Waals surface area (Å²) in [7, 11) is -4.19. The Morgan fingerprint density at radius 3 is 2.83 bits per heavy atom. The second kappa shape index (κ2) is 6.78. The SMILES string of the molecule is C=C(Cn1cnc2c(C)n[c-]nc21)C1(OCP(=O)(O)O)CC1.[Y]. The summed E-state index contributed by atoms with van der Waals surface area (Å²) in [5.41, 5.74) is 2.19. The topological polar surface area (TPSA) is 110 Å². The summed E-state index contributed by atoms with van der Waals surface area (Å²) in [4.78, 5) is 30.2. The average Bonchev–Trinajstić information content (AvgIpc) is 3.13. The molecular formula is C13H16N4O4PY-. The number of fused-ring (bicyclic) bond motifs is 1. The molecular weight excluding hydrogens is 396 g/mol. The molecule has 10 heteroatoms. The van der Waals surface area contributed by atoms with Crippen molar-refractivity contribution in [3.05, 3.63) is 30.5 Å². The number of aromatic nitrogens is 4. The Morgan fingerprint density at radius 2 is 2.22 bits per heavy atom. The minimum absolute atomic E-state index is 0. The van der Waals surface area contributed by atoms with Crippen LogP contribution in [0.3, 0.4) is 0 Å². The molecule has 23 heavy (non-hydrogen) atoms. The van der Waals surface area contributed by atoms with Gasteiger partial charge in [-0.25, -0.2) is 0 Å². The first-order valence-electron chi connectivity index (χ1n) is 6.73. The zero-order chi connectivity index (χ0) is 16.0. The van der Waals surface area contributed by atoms with Crippen molar-refractivity contribution in [2.24, 2.45) is 0 Å². The fraction of sp³-hybridized carbons (Fsp3) is 0.462. The minimum Gasteiger partial charge on any atom is -0.369 e. The van der Waals surface area contributed by atoms with Crippen molar-refractivity contribution in [1.82, 2.24) is 19.5 Å². The summed E-state index contributed by atoms with van der Waals surface area (Å²) in [6.45, 7) is 6.26. The normalized spacial score (nSPS) is 16.1. The van der Waals surface area contributed by atoms with Crippen LogP contribution in [0.5, 0.6) is 0 Å². The third kappa shape index (κ3) is 4.13. The summed E-state index contributed by atoms with van der Waals surface area (Å²) in [5, 5.41) is 0. The van der Waals surface area contributed by atoms with Gasteiger partial charge in [-0.15, -0.1) is 0 Å². The first kappa shape index (κ1) is 18.8. The average molecular weight is 412 g/mol. The Kier molecular flexibility index (Phi) is 5.56. The van der Waals surface area contributed by atoms with Gasteiger partial charge in [0.05, 0.1) is 11.9 Å². The molecule has 1 fully saturated rings. The predicted molar refractivity (Wildman–Crippen MR) is 78.0 cm³/mol. The van der Waals surface area contributed by atoms with Gasteiger partial charge in [0.1, 0.15) is 6.35 Å². The number of nitrogens with zero attached hydrogens (tertiary/aromatic N) is 4. The number of hydrogen-bond donors (Lipinski definition) is 2. The van der Waals surface area contributed by atoms with Crippen LogP contribution in [-0.2, 0) is 48.6 Å². The molecule has 0 aromatic carbocycles. The molecule has 1 aliphatic rings. The van der Waals surface area contributed by atoms with Gasteiger partial charge in [0.2, 0.25) is 0 Å². The van der Waals surface area contributed by atoms with E-state index < -0.39 is 19.5 Å². The third-order valence-corrected chi connectivity index (χ3v) is 4.21. The van der Waals surface area contributed by atoms with Gasteiger partial charge in [-0.1, -0.05) is 13.5 Å². The zero-order valence-electron chi connectivity index (χ0n) is 12.6. The molecule has 0 aliphatic heterocycles. The van der Waals surface area contributed by atoms with Crippen molar-refractivity contribution < 1.29 is 51.8 Å². The van der Waals surface area contributed by atoms with Crippen molar-refractivity contribution in [2.75, 3.05) is 6.35 Å². The van der Waals surface area contributed by atoms with Crippen molar-refractivity contribution in [3.8, 4) is 0 Å². The second-order valence-electron chi connectivity index (χ2n) is 5.49. The van der Waals surface area contributed by atoms with E-state index in [0.717, 1.165) is 11.3 Å². The predicted octanol–water partition coefficient (Wildman–Crippen LogP) is 1.17. The number of ether oxygens (including phenoxy) is 1. The van der Waals surface area contributed by atoms with Crippen molar-refractivity contribution in [1.29, 1.82) is 0 Å². The van der Waals surface area contributed by atoms with Crippen LogP contribution in [0.4, 0.5) is 0 Å². The van der Waals surface area contributed by atoms with E-state index in [1.807, 2.05) is 11.5 Å². The van der Waals surface area contributed by atoms with Crippen molar-refractivity contribution >= 4 is 18.8 Å². The van der Waals surface area contributed by atoms with E-state index in [2.05, 4.69) is 27.9 Å². The van der Waals surface area contributed by atoms with Crippen LogP contribution in [0.2, 0.25) is 0 Å². The quantitative estimate of drug-likeness (QED) is 0.417. The van der Waals surface area contributed by atoms with Crippen LogP contribution in [0, 0.1) is 13.3 Å². The number of aryl methyl sites for hydroxylation is 1. The fourth-order valence-corrected chi connectivity index (χ4v) is 2.75. The number of hydrogen-bond acceptors (Lipinski definition) is 5. The van der Waals surface area contributed by atoms with E-state index in [9.17, 15) is 4.57 Å². The van der Waals surface area contributed by atoms with E-state index >= 15 is 0 Å². The smallest absolute Gasteiger partial charge is 0.351 e. The Labute approximate surface area is 158 Å². The van der Waals surface area contributed by atoms with Gasteiger partial charge in [0, 0.05) is 56.7 Å². The molecule has 2 N–H and O–H groups in total. The maximum atomic E-state index is 11.0. The van der Waals surface area contributed by atoms with E-state index in [0.29, 0.717) is 30.6 Å². The monoisotopic (exact) mass is 412 g/mol. The molecule has 1 radical (unpaired) electrons. The molecule has 0 saturated heterocycles. The molecule has 1 aliphatic carbocycles. The van der Waals surface area contributed by atoms with Crippen LogP contribution in [0.15, 0.2) is 18.5 Å². The van der Waals surface area contributed by atoms with Crippen LogP contribution in [-0.4, -0.2) is 41.3 Å². The maximum absolute atomic E-state index is 11.0. The van der Waals surface area contributed by atoms with Gasteiger partial charge in [-0.3, -0.25) is 9.55 Å². The molecule has 2 heterocycles. The Hall–Kier alpha value is -0.496. The van der Waals surface area contributed by atoms with Gasteiger partial charge >= 0.3 is 7.60 Å². The molecule has 0 atom stereocenters. The largest absolute Gasteiger partial charge is 0.369 e. The molecule has 2 aromatic rings. The standard InChI is InChI=1S/C13H16N4O4P.Y/c1-9(13(3-4-13)21-8-22(18,19)20)5-17-7-16-11-10(2)14-6-15-12(11)17;/h7H,1,3-5,8H2,2H3,(H2,18,19,20);/q-1;. The minimum atomic E-state index is -4.19. The maximum Gasteiger partial charge on any atom is 0.351 e. The molecule has 0 spiro atoms. The van der Waals surface area contributed by atoms with Gasteiger partial charge in [0.15, 0.2) is 0 Å². The summed E-state index contributed by atoms with van der Waals surface area (Å²) >= 11 is 0. The molecule has 121 valence electrons. The molecule has 0 bridgehead atoms. The number of imidazole rings is 1. The van der Waals surface area contributed by atoms with Gasteiger partial charge in [0.25, 0.3) is 0 Å². The summed E-state index contributed by atoms with van der Waals surface area (Å²) < 4.78 is 18.2. The summed E-state index contributed by atoms with van der Waals surface area (Å²) in [6, 6.07) is 0. The Morgan fingerprint density at radius 1 is 1.52 bits per heavy atom. The first-order chi connectivity index (χ1) is 10.3. The van der Waals surface area contributed by atoms with E-state index in [1.165, 1.54) is 0 Å². The first-order valence-corrected chi connectivity index (χ1v) is 8.53. The third-order valence-electron chi connectivity index (χ3n) is 3.75. The van der Waals surface area contributed by atoms with Crippen LogP contribution in [0.25, 0.3) is 11.2 Å². The Bertz CT molecular complexity index is 783. The van der Waals surface area contributed by atoms with Crippen LogP contribution < -0.4 is 0 Å². The van der Waals surface area contributed by atoms with Crippen LogP contribution >= 0.6 is 7.60 Å². The van der Waals surface area contributed by atoms with Gasteiger partial charge in [-0.2, -0.15) is 0 Å². The van der Waals surface area contributed by atoms with Gasteiger partial charge in [-0.05, 0) is 24.1 Å². The fourth-order valence-electron chi connectivity index (χ4n) is 2.34. The molecule has 1 saturated carbocycles. The van der Waals surface area contributed by atoms with E-state index in [-0.39, 0.29) is 32.7 Å². The van der Waals surface area contributed by atoms with E-state index in [4.69, 9.17) is 14.5 Å². The second-order valence-corrected chi connectivity index (χ2v) is 7.08. The molecule has 2 aromatic heterocycles. The summed E-state index contributed by atoms with van der Waals surface area (Å²) in [6.07, 6.45) is 5.04. The van der Waals surface area contributed by atoms with Crippen molar-refractivity contribution in [2.45, 2.75) is 31.9 Å². The number of rotatable bonds is 6. The Balaban J connectivity index is 0.00000192. The molecule has 8 nitrogen and oxygen atoms in total. The van der Waals surface area contributed by atoms with Crippen LogP contribution in [0.1, 0.15) is 18.5 Å². The van der Waals surface area contributed by atoms with E-state index in [1.54, 1.807) is 6.33 Å². The summed E-state index contributed by atoms with van der Waals surface area (Å²) in [5.74, 6) is 0. The van der Waals surface area contributed by atoms with Crippen molar-refractivity contribution in [3.63, 3.8) is 0 Å². The van der Waals surface area contributed by atoms with Gasteiger partial charge < -0.3 is 29.1 Å². The molecule has 0 amide bonds. The molecule has 3 rings (SSSR count). The zero-order valence-corrected chi connectivity index (χ0v) is 16.4. The molecule has 0 unspecified atom stereocenters.